The lowest BCUT2D eigenvalue weighted by Crippen LogP contribution is -2.61. The van der Waals surface area contributed by atoms with Gasteiger partial charge in [-0.15, -0.1) is 11.3 Å². The number of nitrogens with one attached hydrogen (secondary N) is 2. The van der Waals surface area contributed by atoms with Crippen molar-refractivity contribution in [1.82, 2.24) is 20.5 Å². The second-order valence-electron chi connectivity index (χ2n) is 4.52. The predicted octanol–water partition coefficient (Wildman–Crippen LogP) is -0.200. The molecule has 0 radical (unpaired) electrons. The summed E-state index contributed by atoms with van der Waals surface area (Å²) in [5, 5.41) is 14.9. The minimum Gasteiger partial charge on any atom is -0.480 e. The Hall–Kier alpha value is -2.16. The van der Waals surface area contributed by atoms with Crippen molar-refractivity contribution in [2.24, 2.45) is 0 Å². The maximum Gasteiger partial charge on any atom is 0.328 e. The quantitative estimate of drug-likeness (QED) is 0.713. The number of piperazine rings is 1. The van der Waals surface area contributed by atoms with E-state index in [1.807, 2.05) is 6.92 Å². The first-order chi connectivity index (χ1) is 10.0. The molecule has 3 amide bonds. The number of carboxylic acid groups (broad SMARTS) is 1. The Morgan fingerprint density at radius 2 is 2.38 bits per heavy atom. The lowest BCUT2D eigenvalue weighted by Gasteiger charge is -2.32. The third-order valence-electron chi connectivity index (χ3n) is 3.07. The van der Waals surface area contributed by atoms with E-state index in [0.29, 0.717) is 0 Å². The number of carbonyl (C=O) groups excluding carboxylic acids is 2. The molecule has 9 heteroatoms. The summed E-state index contributed by atoms with van der Waals surface area (Å²) < 4.78 is 0. The van der Waals surface area contributed by atoms with E-state index in [9.17, 15) is 14.4 Å². The Morgan fingerprint density at radius 3 is 3.00 bits per heavy atom. The summed E-state index contributed by atoms with van der Waals surface area (Å²) in [6.45, 7) is 1.88. The summed E-state index contributed by atoms with van der Waals surface area (Å²) in [7, 11) is 0. The Kier molecular flexibility index (Phi) is 4.73. The van der Waals surface area contributed by atoms with E-state index in [0.717, 1.165) is 21.2 Å². The van der Waals surface area contributed by atoms with Gasteiger partial charge in [0.05, 0.1) is 6.54 Å². The number of thiazole rings is 1. The number of aromatic nitrogens is 1. The fraction of sp³-hybridized carbons (Fsp3) is 0.500. The Morgan fingerprint density at radius 1 is 1.62 bits per heavy atom. The fourth-order valence-corrected chi connectivity index (χ4v) is 2.72. The van der Waals surface area contributed by atoms with Crippen LogP contribution in [0.15, 0.2) is 6.20 Å². The summed E-state index contributed by atoms with van der Waals surface area (Å²) >= 11 is 1.49. The molecule has 8 nitrogen and oxygen atoms in total. The molecular weight excluding hydrogens is 296 g/mol. The Labute approximate surface area is 125 Å². The second-order valence-corrected chi connectivity index (χ2v) is 5.72. The van der Waals surface area contributed by atoms with Gasteiger partial charge in [0.25, 0.3) is 0 Å². The van der Waals surface area contributed by atoms with Gasteiger partial charge in [-0.3, -0.25) is 9.69 Å². The normalized spacial score (nSPS) is 18.2. The van der Waals surface area contributed by atoms with Crippen molar-refractivity contribution in [3.05, 3.63) is 16.1 Å². The molecule has 1 fully saturated rings. The number of rotatable bonds is 4. The predicted molar refractivity (Wildman–Crippen MR) is 74.9 cm³/mol. The second kappa shape index (κ2) is 6.53. The zero-order valence-electron chi connectivity index (χ0n) is 11.5. The van der Waals surface area contributed by atoms with Crippen LogP contribution in [0.4, 0.5) is 4.79 Å². The van der Waals surface area contributed by atoms with Crippen molar-refractivity contribution < 1.29 is 19.5 Å². The van der Waals surface area contributed by atoms with E-state index in [2.05, 4.69) is 15.6 Å². The third-order valence-corrected chi connectivity index (χ3v) is 4.21. The fourth-order valence-electron chi connectivity index (χ4n) is 1.92. The summed E-state index contributed by atoms with van der Waals surface area (Å²) in [5.41, 5.74) is 0. The maximum absolute atomic E-state index is 12.1. The Balaban J connectivity index is 1.96. The van der Waals surface area contributed by atoms with E-state index >= 15 is 0 Å². The van der Waals surface area contributed by atoms with Crippen LogP contribution >= 0.6 is 11.3 Å². The number of nitrogens with zero attached hydrogens (tertiary/aromatic N) is 2. The standard InChI is InChI=1S/C12H16N4O4S/c1-2-7-3-14-10(21-7)5-15-12(20)16-6-9(17)13-4-8(16)11(18)19/h3,8H,2,4-6H2,1H3,(H,13,17)(H,15,20)(H,18,19). The topological polar surface area (TPSA) is 112 Å². The van der Waals surface area contributed by atoms with Crippen molar-refractivity contribution in [1.29, 1.82) is 0 Å². The molecule has 21 heavy (non-hydrogen) atoms. The first kappa shape index (κ1) is 15.2. The largest absolute Gasteiger partial charge is 0.480 e. The molecule has 1 aromatic rings. The van der Waals surface area contributed by atoms with E-state index in [-0.39, 0.29) is 25.5 Å². The van der Waals surface area contributed by atoms with Gasteiger partial charge in [-0.2, -0.15) is 0 Å². The van der Waals surface area contributed by atoms with Crippen molar-refractivity contribution >= 4 is 29.2 Å². The van der Waals surface area contributed by atoms with E-state index < -0.39 is 18.0 Å². The van der Waals surface area contributed by atoms with E-state index in [4.69, 9.17) is 5.11 Å². The van der Waals surface area contributed by atoms with Gasteiger partial charge in [0, 0.05) is 17.6 Å². The van der Waals surface area contributed by atoms with Crippen molar-refractivity contribution in [2.45, 2.75) is 25.9 Å². The number of urea groups is 1. The molecular formula is C12H16N4O4S. The molecule has 1 atom stereocenters. The van der Waals surface area contributed by atoms with Gasteiger partial charge >= 0.3 is 12.0 Å². The van der Waals surface area contributed by atoms with Crippen LogP contribution in [0.5, 0.6) is 0 Å². The minimum absolute atomic E-state index is 0.0845. The first-order valence-electron chi connectivity index (χ1n) is 6.48. The number of carbonyl (C=O) groups is 3. The monoisotopic (exact) mass is 312 g/mol. The molecule has 1 unspecified atom stereocenters. The van der Waals surface area contributed by atoms with E-state index in [1.54, 1.807) is 6.20 Å². The molecule has 0 spiro atoms. The molecule has 0 aliphatic carbocycles. The van der Waals surface area contributed by atoms with Gasteiger partial charge in [0.2, 0.25) is 5.91 Å². The van der Waals surface area contributed by atoms with Gasteiger partial charge in [-0.25, -0.2) is 14.6 Å². The van der Waals surface area contributed by atoms with Gasteiger partial charge in [0.1, 0.15) is 17.6 Å². The van der Waals surface area contributed by atoms with Crippen molar-refractivity contribution in [3.63, 3.8) is 0 Å². The highest BCUT2D eigenvalue weighted by atomic mass is 32.1. The first-order valence-corrected chi connectivity index (χ1v) is 7.30. The van der Waals surface area contributed by atoms with Crippen LogP contribution in [0.1, 0.15) is 16.8 Å². The number of hydrogen-bond acceptors (Lipinski definition) is 5. The van der Waals surface area contributed by atoms with Crippen LogP contribution in [-0.4, -0.2) is 52.0 Å². The molecule has 0 saturated carbocycles. The average molecular weight is 312 g/mol. The zero-order chi connectivity index (χ0) is 15.4. The zero-order valence-corrected chi connectivity index (χ0v) is 12.3. The van der Waals surface area contributed by atoms with Gasteiger partial charge < -0.3 is 15.7 Å². The van der Waals surface area contributed by atoms with Gasteiger partial charge in [-0.1, -0.05) is 6.92 Å². The molecule has 0 bridgehead atoms. The molecule has 1 aromatic heterocycles. The average Bonchev–Trinajstić information content (AvgIpc) is 2.92. The van der Waals surface area contributed by atoms with Crippen LogP contribution in [0, 0.1) is 0 Å². The smallest absolute Gasteiger partial charge is 0.328 e. The van der Waals surface area contributed by atoms with Crippen molar-refractivity contribution in [2.75, 3.05) is 13.1 Å². The highest BCUT2D eigenvalue weighted by molar-refractivity contribution is 7.11. The van der Waals surface area contributed by atoms with Crippen molar-refractivity contribution in [3.8, 4) is 0 Å². The molecule has 2 rings (SSSR count). The van der Waals surface area contributed by atoms with Gasteiger partial charge in [0.15, 0.2) is 0 Å². The van der Waals surface area contributed by atoms with Crippen LogP contribution in [0.3, 0.4) is 0 Å². The third kappa shape index (κ3) is 3.69. The molecule has 2 heterocycles. The molecule has 1 saturated heterocycles. The summed E-state index contributed by atoms with van der Waals surface area (Å²) in [6.07, 6.45) is 2.62. The summed E-state index contributed by atoms with van der Waals surface area (Å²) in [4.78, 5) is 40.8. The lowest BCUT2D eigenvalue weighted by atomic mass is 10.2. The lowest BCUT2D eigenvalue weighted by molar-refractivity contribution is -0.144. The SMILES string of the molecule is CCc1cnc(CNC(=O)N2CC(=O)NCC2C(=O)O)s1. The maximum atomic E-state index is 12.1. The highest BCUT2D eigenvalue weighted by Gasteiger charge is 2.35. The number of aryl methyl sites for hydroxylation is 1. The molecule has 0 aromatic carbocycles. The minimum atomic E-state index is -1.15. The molecule has 114 valence electrons. The summed E-state index contributed by atoms with van der Waals surface area (Å²) in [5.74, 6) is -1.52. The van der Waals surface area contributed by atoms with Crippen LogP contribution in [-0.2, 0) is 22.6 Å². The van der Waals surface area contributed by atoms with Crippen LogP contribution < -0.4 is 10.6 Å². The van der Waals surface area contributed by atoms with Crippen LogP contribution in [0.2, 0.25) is 0 Å². The van der Waals surface area contributed by atoms with Crippen LogP contribution in [0.25, 0.3) is 0 Å². The highest BCUT2D eigenvalue weighted by Crippen LogP contribution is 2.13. The van der Waals surface area contributed by atoms with Gasteiger partial charge in [-0.05, 0) is 6.42 Å². The number of hydrogen-bond donors (Lipinski definition) is 3. The number of carboxylic acids is 1. The Bertz CT molecular complexity index is 559. The molecule has 1 aliphatic heterocycles. The molecule has 1 aliphatic rings. The molecule has 3 N–H and O–H groups in total. The van der Waals surface area contributed by atoms with E-state index in [1.165, 1.54) is 11.3 Å². The number of amides is 3. The number of aliphatic carboxylic acids is 1. The summed E-state index contributed by atoms with van der Waals surface area (Å²) in [6, 6.07) is -1.63.